The number of nitrogens with one attached hydrogen (secondary N) is 2. The van der Waals surface area contributed by atoms with E-state index in [0.29, 0.717) is 18.7 Å². The van der Waals surface area contributed by atoms with Gasteiger partial charge in [0.15, 0.2) is 0 Å². The number of amides is 1. The van der Waals surface area contributed by atoms with Gasteiger partial charge in [-0.15, -0.1) is 0 Å². The lowest BCUT2D eigenvalue weighted by atomic mass is 10.2. The van der Waals surface area contributed by atoms with Crippen LogP contribution in [0.15, 0.2) is 29.2 Å². The second-order valence-electron chi connectivity index (χ2n) is 5.33. The van der Waals surface area contributed by atoms with E-state index in [2.05, 4.69) is 14.9 Å². The topological polar surface area (TPSA) is 78.5 Å². The molecule has 0 fully saturated rings. The fourth-order valence-corrected chi connectivity index (χ4v) is 2.94. The van der Waals surface area contributed by atoms with Crippen LogP contribution in [0, 0.1) is 0 Å². The van der Waals surface area contributed by atoms with Crippen LogP contribution >= 0.6 is 0 Å². The highest BCUT2D eigenvalue weighted by Crippen LogP contribution is 2.10. The van der Waals surface area contributed by atoms with Crippen LogP contribution in [0.5, 0.6) is 0 Å². The maximum Gasteiger partial charge on any atom is 0.251 e. The third-order valence-corrected chi connectivity index (χ3v) is 4.51. The first-order chi connectivity index (χ1) is 10.4. The van der Waals surface area contributed by atoms with E-state index in [9.17, 15) is 13.2 Å². The number of rotatable bonds is 9. The molecule has 1 rings (SSSR count). The Bertz CT molecular complexity index is 568. The van der Waals surface area contributed by atoms with Gasteiger partial charge >= 0.3 is 0 Å². The summed E-state index contributed by atoms with van der Waals surface area (Å²) in [4.78, 5) is 14.2. The molecule has 0 heterocycles. The third kappa shape index (κ3) is 6.13. The fourth-order valence-electron chi connectivity index (χ4n) is 1.80. The van der Waals surface area contributed by atoms with E-state index in [1.165, 1.54) is 24.3 Å². The van der Waals surface area contributed by atoms with E-state index in [4.69, 9.17) is 0 Å². The fraction of sp³-hybridized carbons (Fsp3) is 0.533. The zero-order chi connectivity index (χ0) is 16.6. The smallest absolute Gasteiger partial charge is 0.251 e. The van der Waals surface area contributed by atoms with Crippen LogP contribution in [0.2, 0.25) is 0 Å². The molecule has 0 aliphatic heterocycles. The van der Waals surface area contributed by atoms with Crippen molar-refractivity contribution in [3.05, 3.63) is 29.8 Å². The average Bonchev–Trinajstić information content (AvgIpc) is 2.49. The van der Waals surface area contributed by atoms with E-state index in [0.717, 1.165) is 19.4 Å². The first-order valence-electron chi connectivity index (χ1n) is 7.39. The quantitative estimate of drug-likeness (QED) is 0.665. The molecule has 7 heteroatoms. The molecule has 22 heavy (non-hydrogen) atoms. The van der Waals surface area contributed by atoms with Gasteiger partial charge in [0.05, 0.1) is 4.90 Å². The van der Waals surface area contributed by atoms with Gasteiger partial charge in [-0.05, 0) is 57.7 Å². The molecule has 0 saturated heterocycles. The van der Waals surface area contributed by atoms with E-state index >= 15 is 0 Å². The molecule has 124 valence electrons. The molecule has 0 aromatic heterocycles. The molecular formula is C15H25N3O3S. The third-order valence-electron chi connectivity index (χ3n) is 3.04. The van der Waals surface area contributed by atoms with E-state index in [-0.39, 0.29) is 10.8 Å². The summed E-state index contributed by atoms with van der Waals surface area (Å²) in [5, 5.41) is 2.82. The average molecular weight is 327 g/mol. The highest BCUT2D eigenvalue weighted by molar-refractivity contribution is 7.89. The molecule has 0 unspecified atom stereocenters. The van der Waals surface area contributed by atoms with Gasteiger partial charge in [-0.3, -0.25) is 4.79 Å². The standard InChI is InChI=1S/C15H25N3O3S/c1-4-10-17-22(20,21)14-8-6-13(7-9-14)15(19)16-11-5-12-18(2)3/h6-9,17H,4-5,10-12H2,1-3H3,(H,16,19). The van der Waals surface area contributed by atoms with Crippen molar-refractivity contribution >= 4 is 15.9 Å². The Morgan fingerprint density at radius 3 is 2.32 bits per heavy atom. The van der Waals surface area contributed by atoms with E-state index in [1.54, 1.807) is 0 Å². The lowest BCUT2D eigenvalue weighted by Gasteiger charge is -2.10. The lowest BCUT2D eigenvalue weighted by molar-refractivity contribution is 0.0952. The van der Waals surface area contributed by atoms with Gasteiger partial charge in [0.2, 0.25) is 10.0 Å². The van der Waals surface area contributed by atoms with Crippen LogP contribution in [-0.2, 0) is 10.0 Å². The Kier molecular flexibility index (Phi) is 7.50. The number of hydrogen-bond acceptors (Lipinski definition) is 4. The molecule has 0 saturated carbocycles. The van der Waals surface area contributed by atoms with Crippen LogP contribution in [0.25, 0.3) is 0 Å². The van der Waals surface area contributed by atoms with Gasteiger partial charge in [0.25, 0.3) is 5.91 Å². The van der Waals surface area contributed by atoms with Crippen LogP contribution < -0.4 is 10.0 Å². The van der Waals surface area contributed by atoms with Gasteiger partial charge < -0.3 is 10.2 Å². The minimum Gasteiger partial charge on any atom is -0.352 e. The summed E-state index contributed by atoms with van der Waals surface area (Å²) in [6.07, 6.45) is 1.60. The number of hydrogen-bond donors (Lipinski definition) is 2. The molecular weight excluding hydrogens is 302 g/mol. The molecule has 1 aromatic carbocycles. The van der Waals surface area contributed by atoms with Gasteiger partial charge in [0.1, 0.15) is 0 Å². The van der Waals surface area contributed by atoms with Crippen LogP contribution in [0.3, 0.4) is 0 Å². The largest absolute Gasteiger partial charge is 0.352 e. The number of sulfonamides is 1. The first kappa shape index (κ1) is 18.6. The second kappa shape index (κ2) is 8.87. The molecule has 1 amide bonds. The van der Waals surface area contributed by atoms with Crippen LogP contribution in [0.1, 0.15) is 30.1 Å². The second-order valence-corrected chi connectivity index (χ2v) is 7.10. The summed E-state index contributed by atoms with van der Waals surface area (Å²) in [5.74, 6) is -0.191. The van der Waals surface area contributed by atoms with Crippen molar-refractivity contribution in [1.82, 2.24) is 14.9 Å². The molecule has 0 aliphatic rings. The molecule has 0 radical (unpaired) electrons. The zero-order valence-electron chi connectivity index (χ0n) is 13.4. The molecule has 0 aliphatic carbocycles. The van der Waals surface area contributed by atoms with Gasteiger partial charge in [-0.25, -0.2) is 13.1 Å². The van der Waals surface area contributed by atoms with E-state index in [1.807, 2.05) is 21.0 Å². The molecule has 0 spiro atoms. The summed E-state index contributed by atoms with van der Waals surface area (Å²) in [7, 11) is 0.477. The Morgan fingerprint density at radius 1 is 1.14 bits per heavy atom. The monoisotopic (exact) mass is 327 g/mol. The van der Waals surface area contributed by atoms with E-state index < -0.39 is 10.0 Å². The van der Waals surface area contributed by atoms with Crippen molar-refractivity contribution in [2.24, 2.45) is 0 Å². The number of nitrogens with zero attached hydrogens (tertiary/aromatic N) is 1. The van der Waals surface area contributed by atoms with Crippen LogP contribution in [-0.4, -0.2) is 53.0 Å². The summed E-state index contributed by atoms with van der Waals surface area (Å²) in [6, 6.07) is 5.96. The van der Waals surface area contributed by atoms with Crippen LogP contribution in [0.4, 0.5) is 0 Å². The predicted molar refractivity (Wildman–Crippen MR) is 87.4 cm³/mol. The minimum absolute atomic E-state index is 0.171. The summed E-state index contributed by atoms with van der Waals surface area (Å²) < 4.78 is 26.4. The number of benzene rings is 1. The molecule has 2 N–H and O–H groups in total. The lowest BCUT2D eigenvalue weighted by Crippen LogP contribution is -2.27. The molecule has 0 bridgehead atoms. The van der Waals surface area contributed by atoms with Crippen molar-refractivity contribution in [2.75, 3.05) is 33.7 Å². The Hall–Kier alpha value is -1.44. The first-order valence-corrected chi connectivity index (χ1v) is 8.88. The Balaban J connectivity index is 2.59. The maximum atomic E-state index is 11.9. The number of carbonyl (C=O) groups excluding carboxylic acids is 1. The Morgan fingerprint density at radius 2 is 1.77 bits per heavy atom. The highest BCUT2D eigenvalue weighted by atomic mass is 32.2. The van der Waals surface area contributed by atoms with Crippen molar-refractivity contribution in [2.45, 2.75) is 24.7 Å². The SMILES string of the molecule is CCCNS(=O)(=O)c1ccc(C(=O)NCCCN(C)C)cc1. The molecule has 1 aromatic rings. The summed E-state index contributed by atoms with van der Waals surface area (Å²) in [5.41, 5.74) is 0.458. The van der Waals surface area contributed by atoms with Gasteiger partial charge in [-0.2, -0.15) is 0 Å². The van der Waals surface area contributed by atoms with Gasteiger partial charge in [-0.1, -0.05) is 6.92 Å². The van der Waals surface area contributed by atoms with Crippen molar-refractivity contribution < 1.29 is 13.2 Å². The Labute approximate surface area is 132 Å². The minimum atomic E-state index is -3.48. The zero-order valence-corrected chi connectivity index (χ0v) is 14.2. The maximum absolute atomic E-state index is 11.9. The summed E-state index contributed by atoms with van der Waals surface area (Å²) in [6.45, 7) is 3.79. The van der Waals surface area contributed by atoms with Crippen molar-refractivity contribution in [1.29, 1.82) is 0 Å². The summed E-state index contributed by atoms with van der Waals surface area (Å²) >= 11 is 0. The van der Waals surface area contributed by atoms with Gasteiger partial charge in [0, 0.05) is 18.7 Å². The highest BCUT2D eigenvalue weighted by Gasteiger charge is 2.13. The normalized spacial score (nSPS) is 11.6. The molecule has 6 nitrogen and oxygen atoms in total. The molecule has 0 atom stereocenters. The van der Waals surface area contributed by atoms with Crippen molar-refractivity contribution in [3.63, 3.8) is 0 Å². The predicted octanol–water partition coefficient (Wildman–Crippen LogP) is 1.06. The van der Waals surface area contributed by atoms with Crippen molar-refractivity contribution in [3.8, 4) is 0 Å². The number of carbonyl (C=O) groups is 1.